The molecular formula is C30H41FO. The summed E-state index contributed by atoms with van der Waals surface area (Å²) in [5.41, 5.74) is 3.45. The van der Waals surface area contributed by atoms with Gasteiger partial charge in [0.2, 0.25) is 0 Å². The lowest BCUT2D eigenvalue weighted by Gasteiger charge is -2.42. The number of fused-ring (bicyclic) bond motifs is 1. The van der Waals surface area contributed by atoms with Crippen molar-refractivity contribution >= 4 is 0 Å². The Morgan fingerprint density at radius 1 is 0.812 bits per heavy atom. The van der Waals surface area contributed by atoms with Crippen LogP contribution in [0.4, 0.5) is 4.39 Å². The van der Waals surface area contributed by atoms with Crippen molar-refractivity contribution in [3.63, 3.8) is 0 Å². The van der Waals surface area contributed by atoms with Crippen molar-refractivity contribution in [3.05, 3.63) is 53.8 Å². The van der Waals surface area contributed by atoms with Crippen molar-refractivity contribution in [1.29, 1.82) is 0 Å². The summed E-state index contributed by atoms with van der Waals surface area (Å²) in [6.07, 6.45) is 17.1. The maximum Gasteiger partial charge on any atom is 0.165 e. The van der Waals surface area contributed by atoms with Gasteiger partial charge in [-0.3, -0.25) is 0 Å². The van der Waals surface area contributed by atoms with Crippen LogP contribution in [-0.2, 0) is 0 Å². The molecule has 0 amide bonds. The predicted molar refractivity (Wildman–Crippen MR) is 133 cm³/mol. The number of hydrogen-bond acceptors (Lipinski definition) is 1. The first-order chi connectivity index (χ1) is 15.7. The van der Waals surface area contributed by atoms with Gasteiger partial charge in [0.25, 0.3) is 0 Å². The van der Waals surface area contributed by atoms with E-state index in [1.54, 1.807) is 12.1 Å². The van der Waals surface area contributed by atoms with Crippen LogP contribution in [0.3, 0.4) is 0 Å². The lowest BCUT2D eigenvalue weighted by Crippen LogP contribution is -2.30. The van der Waals surface area contributed by atoms with Gasteiger partial charge in [-0.05, 0) is 84.6 Å². The van der Waals surface area contributed by atoms with Gasteiger partial charge in [0.1, 0.15) is 0 Å². The Morgan fingerprint density at radius 2 is 1.53 bits per heavy atom. The highest BCUT2D eigenvalue weighted by Gasteiger charge is 2.35. The number of unbranched alkanes of at least 4 members (excludes halogenated alkanes) is 4. The lowest BCUT2D eigenvalue weighted by atomic mass is 9.63. The number of methoxy groups -OCH3 is 1. The molecule has 2 aromatic carbocycles. The van der Waals surface area contributed by atoms with Crippen LogP contribution in [0.1, 0.15) is 95.5 Å². The summed E-state index contributed by atoms with van der Waals surface area (Å²) in [6.45, 7) is 2.30. The fourth-order valence-electron chi connectivity index (χ4n) is 6.38. The zero-order chi connectivity index (χ0) is 22.3. The van der Waals surface area contributed by atoms with Gasteiger partial charge in [-0.15, -0.1) is 0 Å². The maximum absolute atomic E-state index is 14.1. The van der Waals surface area contributed by atoms with E-state index in [9.17, 15) is 4.39 Å². The largest absolute Gasteiger partial charge is 0.494 e. The molecule has 0 aromatic heterocycles. The van der Waals surface area contributed by atoms with Crippen LogP contribution >= 0.6 is 0 Å². The molecule has 2 fully saturated rings. The fourth-order valence-corrected chi connectivity index (χ4v) is 6.38. The van der Waals surface area contributed by atoms with Gasteiger partial charge in [-0.25, -0.2) is 4.39 Å². The van der Waals surface area contributed by atoms with Crippen LogP contribution in [0, 0.1) is 23.6 Å². The van der Waals surface area contributed by atoms with E-state index in [0.29, 0.717) is 11.7 Å². The smallest absolute Gasteiger partial charge is 0.165 e. The minimum atomic E-state index is -0.302. The van der Waals surface area contributed by atoms with Gasteiger partial charge in [0.15, 0.2) is 11.6 Å². The Morgan fingerprint density at radius 3 is 2.28 bits per heavy atom. The molecule has 0 spiro atoms. The van der Waals surface area contributed by atoms with Gasteiger partial charge < -0.3 is 4.74 Å². The Balaban J connectivity index is 1.29. The number of halogens is 1. The third-order valence-electron chi connectivity index (χ3n) is 8.30. The molecular weight excluding hydrogens is 395 g/mol. The SMILES string of the molecule is CCCCCCCC1CCC2CC(c3ccc(-c4ccc(OC)c(F)c4)cc3)CCC2C1. The first-order valence-electron chi connectivity index (χ1n) is 13.1. The summed E-state index contributed by atoms with van der Waals surface area (Å²) in [7, 11) is 1.50. The van der Waals surface area contributed by atoms with Crippen molar-refractivity contribution in [1.82, 2.24) is 0 Å². The van der Waals surface area contributed by atoms with E-state index >= 15 is 0 Å². The van der Waals surface area contributed by atoms with Crippen LogP contribution in [0.2, 0.25) is 0 Å². The third kappa shape index (κ3) is 5.74. The van der Waals surface area contributed by atoms with E-state index in [0.717, 1.165) is 28.9 Å². The highest BCUT2D eigenvalue weighted by Crippen LogP contribution is 2.48. The molecule has 0 saturated heterocycles. The molecule has 4 unspecified atom stereocenters. The van der Waals surface area contributed by atoms with Crippen LogP contribution in [-0.4, -0.2) is 7.11 Å². The molecule has 4 atom stereocenters. The van der Waals surface area contributed by atoms with Crippen molar-refractivity contribution in [2.24, 2.45) is 17.8 Å². The Hall–Kier alpha value is -1.83. The Labute approximate surface area is 194 Å². The van der Waals surface area contributed by atoms with Crippen LogP contribution in [0.15, 0.2) is 42.5 Å². The highest BCUT2D eigenvalue weighted by molar-refractivity contribution is 5.64. The average Bonchev–Trinajstić information content (AvgIpc) is 2.83. The van der Waals surface area contributed by atoms with E-state index in [4.69, 9.17) is 4.74 Å². The molecule has 0 heterocycles. The summed E-state index contributed by atoms with van der Waals surface area (Å²) in [4.78, 5) is 0. The molecule has 0 aliphatic heterocycles. The van der Waals surface area contributed by atoms with Gasteiger partial charge in [-0.1, -0.05) is 82.2 Å². The minimum absolute atomic E-state index is 0.299. The van der Waals surface area contributed by atoms with Crippen LogP contribution in [0.5, 0.6) is 5.75 Å². The monoisotopic (exact) mass is 436 g/mol. The average molecular weight is 437 g/mol. The molecule has 0 bridgehead atoms. The summed E-state index contributed by atoms with van der Waals surface area (Å²) >= 11 is 0. The fraction of sp³-hybridized carbons (Fsp3) is 0.600. The summed E-state index contributed by atoms with van der Waals surface area (Å²) in [5, 5.41) is 0. The van der Waals surface area contributed by atoms with Gasteiger partial charge in [0.05, 0.1) is 7.11 Å². The normalized spacial score (nSPS) is 25.3. The highest BCUT2D eigenvalue weighted by atomic mass is 19.1. The Bertz CT molecular complexity index is 842. The van der Waals surface area contributed by atoms with Crippen molar-refractivity contribution in [2.45, 2.75) is 89.9 Å². The number of rotatable bonds is 9. The molecule has 2 aliphatic rings. The molecule has 0 N–H and O–H groups in total. The minimum Gasteiger partial charge on any atom is -0.494 e. The van der Waals surface area contributed by atoms with E-state index in [-0.39, 0.29) is 5.82 Å². The van der Waals surface area contributed by atoms with Crippen molar-refractivity contribution in [2.75, 3.05) is 7.11 Å². The zero-order valence-electron chi connectivity index (χ0n) is 20.1. The Kier molecular flexibility index (Phi) is 8.27. The van der Waals surface area contributed by atoms with E-state index < -0.39 is 0 Å². The number of benzene rings is 2. The van der Waals surface area contributed by atoms with Gasteiger partial charge >= 0.3 is 0 Å². The molecule has 0 radical (unpaired) electrons. The quantitative estimate of drug-likeness (QED) is 0.356. The molecule has 2 aromatic rings. The molecule has 2 aliphatic carbocycles. The topological polar surface area (TPSA) is 9.23 Å². The molecule has 2 saturated carbocycles. The first kappa shape index (κ1) is 23.3. The molecule has 2 heteroatoms. The predicted octanol–water partition coefficient (Wildman–Crippen LogP) is 9.16. The van der Waals surface area contributed by atoms with Crippen LogP contribution in [0.25, 0.3) is 11.1 Å². The maximum atomic E-state index is 14.1. The molecule has 32 heavy (non-hydrogen) atoms. The second-order valence-corrected chi connectivity index (χ2v) is 10.4. The van der Waals surface area contributed by atoms with Gasteiger partial charge in [0, 0.05) is 0 Å². The summed E-state index contributed by atoms with van der Waals surface area (Å²) < 4.78 is 19.1. The first-order valence-corrected chi connectivity index (χ1v) is 13.1. The second-order valence-electron chi connectivity index (χ2n) is 10.4. The van der Waals surface area contributed by atoms with E-state index in [1.807, 2.05) is 6.07 Å². The summed E-state index contributed by atoms with van der Waals surface area (Å²) in [5.74, 6) is 3.60. The number of ether oxygens (including phenoxy) is 1. The summed E-state index contributed by atoms with van der Waals surface area (Å²) in [6, 6.07) is 14.1. The molecule has 4 rings (SSSR count). The van der Waals surface area contributed by atoms with Crippen molar-refractivity contribution < 1.29 is 9.13 Å². The van der Waals surface area contributed by atoms with Gasteiger partial charge in [-0.2, -0.15) is 0 Å². The van der Waals surface area contributed by atoms with Crippen LogP contribution < -0.4 is 4.74 Å². The third-order valence-corrected chi connectivity index (χ3v) is 8.30. The standard InChI is InChI=1S/C30H41FO/c1-3-4-5-6-7-8-22-9-10-27-20-26(16-15-25(27)19-22)23-11-13-24(14-12-23)28-17-18-30(32-2)29(31)21-28/h11-14,17-18,21-22,25-27H,3-10,15-16,19-20H2,1-2H3. The molecule has 1 nitrogen and oxygen atoms in total. The van der Waals surface area contributed by atoms with E-state index in [1.165, 1.54) is 89.7 Å². The van der Waals surface area contributed by atoms with Crippen molar-refractivity contribution in [3.8, 4) is 16.9 Å². The second kappa shape index (κ2) is 11.3. The number of hydrogen-bond donors (Lipinski definition) is 0. The lowest BCUT2D eigenvalue weighted by molar-refractivity contribution is 0.113. The van der Waals surface area contributed by atoms with E-state index in [2.05, 4.69) is 31.2 Å². The molecule has 174 valence electrons. The zero-order valence-corrected chi connectivity index (χ0v) is 20.1.